The Morgan fingerprint density at radius 2 is 2.18 bits per heavy atom. The summed E-state index contributed by atoms with van der Waals surface area (Å²) in [5, 5.41) is 19.0. The molecule has 7 heteroatoms. The molecule has 2 aromatic rings. The van der Waals surface area contributed by atoms with Gasteiger partial charge in [-0.2, -0.15) is 5.10 Å². The van der Waals surface area contributed by atoms with E-state index in [1.165, 1.54) is 6.20 Å². The minimum absolute atomic E-state index is 0.141. The number of pyridine rings is 1. The molecule has 0 aliphatic carbocycles. The molecule has 3 N–H and O–H groups in total. The Balaban J connectivity index is 2.29. The van der Waals surface area contributed by atoms with Gasteiger partial charge in [-0.05, 0) is 13.0 Å². The van der Waals surface area contributed by atoms with Crippen molar-refractivity contribution in [3.8, 4) is 0 Å². The zero-order valence-corrected chi connectivity index (χ0v) is 12.4. The van der Waals surface area contributed by atoms with Crippen molar-refractivity contribution in [1.29, 1.82) is 0 Å². The molecule has 0 atom stereocenters. The lowest BCUT2D eigenvalue weighted by Gasteiger charge is -2.11. The lowest BCUT2D eigenvalue weighted by atomic mass is 10.1. The smallest absolute Gasteiger partial charge is 0.337 e. The summed E-state index contributed by atoms with van der Waals surface area (Å²) in [7, 11) is 1.66. The highest BCUT2D eigenvalue weighted by Crippen LogP contribution is 2.16. The van der Waals surface area contributed by atoms with Crippen LogP contribution in [0.2, 0.25) is 0 Å². The zero-order chi connectivity index (χ0) is 15.9. The number of nitrogens with zero attached hydrogens (tertiary/aromatic N) is 3. The maximum Gasteiger partial charge on any atom is 0.337 e. The third-order valence-electron chi connectivity index (χ3n) is 3.07. The molecule has 2 heterocycles. The lowest BCUT2D eigenvalue weighted by molar-refractivity contribution is 0.0696. The summed E-state index contributed by atoms with van der Waals surface area (Å²) in [5.41, 5.74) is 3.52. The van der Waals surface area contributed by atoms with E-state index in [0.717, 1.165) is 16.8 Å². The van der Waals surface area contributed by atoms with Gasteiger partial charge >= 0.3 is 5.97 Å². The molecule has 2 rings (SSSR count). The molecule has 114 valence electrons. The molecule has 0 spiro atoms. The molecule has 7 nitrogen and oxygen atoms in total. The number of rotatable bonds is 6. The molecule has 2 aromatic heterocycles. The van der Waals surface area contributed by atoms with Gasteiger partial charge in [-0.15, -0.1) is 0 Å². The van der Waals surface area contributed by atoms with Crippen molar-refractivity contribution in [1.82, 2.24) is 20.5 Å². The first-order valence-electron chi connectivity index (χ1n) is 6.65. The van der Waals surface area contributed by atoms with Crippen LogP contribution in [0, 0.1) is 0 Å². The minimum atomic E-state index is -1.01. The van der Waals surface area contributed by atoms with Crippen molar-refractivity contribution >= 4 is 17.8 Å². The summed E-state index contributed by atoms with van der Waals surface area (Å²) in [6, 6.07) is 1.58. The van der Waals surface area contributed by atoms with Gasteiger partial charge in [0.2, 0.25) is 0 Å². The Hall–Kier alpha value is -2.96. The molecular formula is C15H17N5O2. The van der Waals surface area contributed by atoms with Gasteiger partial charge in [0, 0.05) is 60.8 Å². The van der Waals surface area contributed by atoms with E-state index >= 15 is 0 Å². The molecule has 0 fully saturated rings. The Labute approximate surface area is 127 Å². The highest BCUT2D eigenvalue weighted by Gasteiger charge is 2.09. The van der Waals surface area contributed by atoms with Gasteiger partial charge in [-0.1, -0.05) is 0 Å². The number of carbonyl (C=O) groups is 1. The average molecular weight is 299 g/mol. The van der Waals surface area contributed by atoms with Gasteiger partial charge in [0.25, 0.3) is 0 Å². The largest absolute Gasteiger partial charge is 0.478 e. The fraction of sp³-hybridized carbons (Fsp3) is 0.200. The Morgan fingerprint density at radius 1 is 1.41 bits per heavy atom. The predicted octanol–water partition coefficient (Wildman–Crippen LogP) is 1.72. The molecule has 0 aromatic carbocycles. The van der Waals surface area contributed by atoms with Gasteiger partial charge in [0.15, 0.2) is 0 Å². The second kappa shape index (κ2) is 7.16. The normalized spacial score (nSPS) is 12.3. The standard InChI is InChI=1S/C15H17N5O2/c1-10(18-4-11-5-19-20-6-11)14(9-16-2)12-3-13(15(21)22)8-17-7-12/h3,5-9,18H,4H2,1-2H3,(H,19,20)(H,21,22)/b14-10-,16-9?. The Morgan fingerprint density at radius 3 is 2.82 bits per heavy atom. The summed E-state index contributed by atoms with van der Waals surface area (Å²) >= 11 is 0. The first-order valence-corrected chi connectivity index (χ1v) is 6.65. The first-order chi connectivity index (χ1) is 10.6. The molecule has 0 bridgehead atoms. The van der Waals surface area contributed by atoms with E-state index < -0.39 is 5.97 Å². The van der Waals surface area contributed by atoms with E-state index in [1.54, 1.807) is 37.9 Å². The number of carboxylic acid groups (broad SMARTS) is 1. The number of allylic oxidation sites excluding steroid dienone is 2. The summed E-state index contributed by atoms with van der Waals surface area (Å²) in [4.78, 5) is 19.1. The zero-order valence-electron chi connectivity index (χ0n) is 12.4. The highest BCUT2D eigenvalue weighted by atomic mass is 16.4. The fourth-order valence-corrected chi connectivity index (χ4v) is 1.93. The first kappa shape index (κ1) is 15.4. The van der Waals surface area contributed by atoms with Gasteiger partial charge in [-0.3, -0.25) is 15.1 Å². The summed E-state index contributed by atoms with van der Waals surface area (Å²) in [6.07, 6.45) is 8.16. The van der Waals surface area contributed by atoms with Crippen LogP contribution in [0.15, 0.2) is 41.5 Å². The molecule has 0 saturated carbocycles. The minimum Gasteiger partial charge on any atom is -0.478 e. The van der Waals surface area contributed by atoms with Crippen LogP contribution in [-0.2, 0) is 6.54 Å². The van der Waals surface area contributed by atoms with Crippen LogP contribution in [0.5, 0.6) is 0 Å². The lowest BCUT2D eigenvalue weighted by Crippen LogP contribution is -2.13. The van der Waals surface area contributed by atoms with Crippen molar-refractivity contribution in [2.24, 2.45) is 4.99 Å². The second-order valence-electron chi connectivity index (χ2n) is 4.65. The average Bonchev–Trinajstić information content (AvgIpc) is 3.03. The van der Waals surface area contributed by atoms with Crippen LogP contribution in [0.1, 0.15) is 28.4 Å². The van der Waals surface area contributed by atoms with Crippen molar-refractivity contribution in [3.05, 3.63) is 53.2 Å². The molecule has 0 aliphatic heterocycles. The number of hydrogen-bond donors (Lipinski definition) is 3. The van der Waals surface area contributed by atoms with Gasteiger partial charge < -0.3 is 10.4 Å². The summed E-state index contributed by atoms with van der Waals surface area (Å²) < 4.78 is 0. The van der Waals surface area contributed by atoms with Crippen LogP contribution >= 0.6 is 0 Å². The van der Waals surface area contributed by atoms with E-state index in [4.69, 9.17) is 5.11 Å². The molecule has 0 aliphatic rings. The quantitative estimate of drug-likeness (QED) is 0.705. The number of carboxylic acids is 1. The molecule has 0 amide bonds. The summed E-state index contributed by atoms with van der Waals surface area (Å²) in [5.74, 6) is -1.01. The topological polar surface area (TPSA) is 103 Å². The van der Waals surface area contributed by atoms with E-state index in [9.17, 15) is 4.79 Å². The number of nitrogens with one attached hydrogen (secondary N) is 2. The number of H-pyrrole nitrogens is 1. The third-order valence-corrected chi connectivity index (χ3v) is 3.07. The maximum atomic E-state index is 11.1. The predicted molar refractivity (Wildman–Crippen MR) is 83.6 cm³/mol. The molecule has 22 heavy (non-hydrogen) atoms. The van der Waals surface area contributed by atoms with Crippen molar-refractivity contribution < 1.29 is 9.90 Å². The van der Waals surface area contributed by atoms with Crippen LogP contribution < -0.4 is 5.32 Å². The third kappa shape index (κ3) is 3.78. The van der Waals surface area contributed by atoms with Crippen LogP contribution in [0.25, 0.3) is 5.57 Å². The van der Waals surface area contributed by atoms with Crippen LogP contribution in [0.3, 0.4) is 0 Å². The van der Waals surface area contributed by atoms with Crippen molar-refractivity contribution in [2.75, 3.05) is 7.05 Å². The van der Waals surface area contributed by atoms with E-state index in [2.05, 4.69) is 25.5 Å². The van der Waals surface area contributed by atoms with Gasteiger partial charge in [0.05, 0.1) is 11.8 Å². The Kier molecular flexibility index (Phi) is 5.02. The Bertz CT molecular complexity index is 704. The highest BCUT2D eigenvalue weighted by molar-refractivity contribution is 6.11. The SMILES string of the molecule is CN=C/C(=C(\C)NCc1cn[nH]c1)c1cncc(C(=O)O)c1. The maximum absolute atomic E-state index is 11.1. The number of aromatic nitrogens is 3. The van der Waals surface area contributed by atoms with Crippen LogP contribution in [-0.4, -0.2) is 39.5 Å². The van der Waals surface area contributed by atoms with Crippen LogP contribution in [0.4, 0.5) is 0 Å². The van der Waals surface area contributed by atoms with Gasteiger partial charge in [-0.25, -0.2) is 4.79 Å². The number of hydrogen-bond acceptors (Lipinski definition) is 5. The van der Waals surface area contributed by atoms with Gasteiger partial charge in [0.1, 0.15) is 0 Å². The van der Waals surface area contributed by atoms with E-state index in [1.807, 2.05) is 6.92 Å². The fourth-order valence-electron chi connectivity index (χ4n) is 1.93. The molecule has 0 unspecified atom stereocenters. The summed E-state index contributed by atoms with van der Waals surface area (Å²) in [6.45, 7) is 2.51. The number of aromatic carboxylic acids is 1. The van der Waals surface area contributed by atoms with E-state index in [-0.39, 0.29) is 5.56 Å². The number of aliphatic imine (C=N–C) groups is 1. The molecule has 0 saturated heterocycles. The van der Waals surface area contributed by atoms with Crippen molar-refractivity contribution in [3.63, 3.8) is 0 Å². The van der Waals surface area contributed by atoms with Crippen molar-refractivity contribution in [2.45, 2.75) is 13.5 Å². The molecule has 0 radical (unpaired) electrons. The van der Waals surface area contributed by atoms with E-state index in [0.29, 0.717) is 12.1 Å². The second-order valence-corrected chi connectivity index (χ2v) is 4.65. The molecular weight excluding hydrogens is 282 g/mol. The monoisotopic (exact) mass is 299 g/mol. The number of aromatic amines is 1.